The van der Waals surface area contributed by atoms with Crippen molar-refractivity contribution in [3.63, 3.8) is 0 Å². The molecule has 9 rings (SSSR count). The molecule has 214 valence electrons. The Balaban J connectivity index is 1.15. The van der Waals surface area contributed by atoms with Crippen LogP contribution < -0.4 is 4.90 Å². The van der Waals surface area contributed by atoms with E-state index in [4.69, 9.17) is 4.98 Å². The minimum Gasteiger partial charge on any atom is -0.338 e. The summed E-state index contributed by atoms with van der Waals surface area (Å²) < 4.78 is 0. The van der Waals surface area contributed by atoms with Crippen molar-refractivity contribution < 1.29 is 0 Å². The monoisotopic (exact) mass is 586 g/mol. The number of hydrogen-bond acceptors (Lipinski definition) is 3. The van der Waals surface area contributed by atoms with Crippen LogP contribution in [0.2, 0.25) is 0 Å². The Morgan fingerprint density at radius 1 is 0.773 bits per heavy atom. The van der Waals surface area contributed by atoms with Gasteiger partial charge in [-0.1, -0.05) is 115 Å². The van der Waals surface area contributed by atoms with E-state index in [1.165, 1.54) is 45.0 Å². The average Bonchev–Trinajstić information content (AvgIpc) is 3.63. The second-order valence-electron chi connectivity index (χ2n) is 12.5. The van der Waals surface area contributed by atoms with Gasteiger partial charge in [-0.2, -0.15) is 0 Å². The number of thioether (sulfide) groups is 1. The first-order valence-electron chi connectivity index (χ1n) is 16.0. The fourth-order valence-corrected chi connectivity index (χ4v) is 9.62. The summed E-state index contributed by atoms with van der Waals surface area (Å²) in [6.45, 7) is 0. The second-order valence-corrected chi connectivity index (χ2v) is 13.8. The lowest BCUT2D eigenvalue weighted by molar-refractivity contribution is 0.431. The summed E-state index contributed by atoms with van der Waals surface area (Å²) >= 11 is 2.10. The lowest BCUT2D eigenvalue weighted by Gasteiger charge is -2.32. The van der Waals surface area contributed by atoms with E-state index >= 15 is 0 Å². The van der Waals surface area contributed by atoms with Crippen molar-refractivity contribution in [2.75, 3.05) is 4.90 Å². The molecule has 0 N–H and O–H groups in total. The summed E-state index contributed by atoms with van der Waals surface area (Å²) in [4.78, 5) is 9.36. The lowest BCUT2D eigenvalue weighted by atomic mass is 9.76. The number of para-hydroxylation sites is 1. The molecular weight excluding hydrogens is 553 g/mol. The van der Waals surface area contributed by atoms with Gasteiger partial charge in [-0.05, 0) is 60.2 Å². The highest BCUT2D eigenvalue weighted by Crippen LogP contribution is 2.59. The maximum atomic E-state index is 5.32. The van der Waals surface area contributed by atoms with Crippen molar-refractivity contribution in [2.24, 2.45) is 11.8 Å². The van der Waals surface area contributed by atoms with Crippen LogP contribution in [0.4, 0.5) is 5.69 Å². The third kappa shape index (κ3) is 4.29. The first-order chi connectivity index (χ1) is 21.8. The number of aromatic nitrogens is 1. The zero-order chi connectivity index (χ0) is 29.0. The van der Waals surface area contributed by atoms with E-state index in [1.54, 1.807) is 0 Å². The number of benzene rings is 3. The number of anilines is 1. The van der Waals surface area contributed by atoms with Crippen LogP contribution in [0, 0.1) is 11.8 Å². The highest BCUT2D eigenvalue weighted by atomic mass is 32.2. The Morgan fingerprint density at radius 2 is 1.59 bits per heavy atom. The van der Waals surface area contributed by atoms with Gasteiger partial charge in [0.05, 0.1) is 17.4 Å². The Morgan fingerprint density at radius 3 is 2.43 bits per heavy atom. The molecule has 0 spiro atoms. The molecule has 5 aliphatic rings. The van der Waals surface area contributed by atoms with E-state index in [-0.39, 0.29) is 0 Å². The van der Waals surface area contributed by atoms with Gasteiger partial charge < -0.3 is 4.90 Å². The maximum absolute atomic E-state index is 5.32. The predicted molar refractivity (Wildman–Crippen MR) is 185 cm³/mol. The molecule has 5 atom stereocenters. The molecule has 0 radical (unpaired) electrons. The largest absolute Gasteiger partial charge is 0.338 e. The molecule has 2 aliphatic heterocycles. The number of fused-ring (bicyclic) bond motifs is 6. The second kappa shape index (κ2) is 10.7. The van der Waals surface area contributed by atoms with Gasteiger partial charge in [0, 0.05) is 50.4 Å². The van der Waals surface area contributed by atoms with Crippen LogP contribution in [0.1, 0.15) is 36.3 Å². The number of rotatable bonds is 4. The fourth-order valence-electron chi connectivity index (χ4n) is 8.00. The van der Waals surface area contributed by atoms with Crippen molar-refractivity contribution in [1.29, 1.82) is 0 Å². The van der Waals surface area contributed by atoms with Crippen LogP contribution >= 0.6 is 11.8 Å². The summed E-state index contributed by atoms with van der Waals surface area (Å²) in [6.07, 6.45) is 22.3. The molecule has 4 aromatic rings. The number of allylic oxidation sites excluding steroid dienone is 8. The predicted octanol–water partition coefficient (Wildman–Crippen LogP) is 10.2. The molecular formula is C41H34N2S. The molecule has 2 nitrogen and oxygen atoms in total. The molecule has 1 saturated heterocycles. The fraction of sp³-hybridized carbons (Fsp3) is 0.195. The van der Waals surface area contributed by atoms with E-state index in [0.717, 1.165) is 29.8 Å². The number of nitrogens with zero attached hydrogens (tertiary/aromatic N) is 2. The van der Waals surface area contributed by atoms with Crippen LogP contribution in [-0.4, -0.2) is 16.3 Å². The van der Waals surface area contributed by atoms with Crippen molar-refractivity contribution in [1.82, 2.24) is 4.98 Å². The van der Waals surface area contributed by atoms with Crippen molar-refractivity contribution in [3.8, 4) is 22.5 Å². The van der Waals surface area contributed by atoms with Gasteiger partial charge in [-0.15, -0.1) is 11.8 Å². The smallest absolute Gasteiger partial charge is 0.0727 e. The van der Waals surface area contributed by atoms with Crippen LogP contribution in [0.3, 0.4) is 0 Å². The van der Waals surface area contributed by atoms with Crippen LogP contribution in [0.25, 0.3) is 28.1 Å². The number of hydrogen-bond donors (Lipinski definition) is 0. The molecule has 44 heavy (non-hydrogen) atoms. The Labute approximate surface area is 264 Å². The van der Waals surface area contributed by atoms with Crippen molar-refractivity contribution in [2.45, 2.75) is 41.4 Å². The normalized spacial score (nSPS) is 26.0. The molecule has 1 fully saturated rings. The molecule has 3 heterocycles. The quantitative estimate of drug-likeness (QED) is 0.237. The molecule has 0 bridgehead atoms. The van der Waals surface area contributed by atoms with Gasteiger partial charge in [0.15, 0.2) is 0 Å². The first-order valence-corrected chi connectivity index (χ1v) is 16.9. The topological polar surface area (TPSA) is 16.1 Å². The molecule has 5 unspecified atom stereocenters. The highest BCUT2D eigenvalue weighted by Gasteiger charge is 2.50. The summed E-state index contributed by atoms with van der Waals surface area (Å²) in [7, 11) is 0. The molecule has 0 saturated carbocycles. The van der Waals surface area contributed by atoms with Gasteiger partial charge >= 0.3 is 0 Å². The van der Waals surface area contributed by atoms with E-state index in [1.807, 2.05) is 0 Å². The van der Waals surface area contributed by atoms with Gasteiger partial charge in [0.2, 0.25) is 0 Å². The van der Waals surface area contributed by atoms with E-state index in [9.17, 15) is 0 Å². The lowest BCUT2D eigenvalue weighted by Crippen LogP contribution is -2.30. The number of pyridine rings is 1. The van der Waals surface area contributed by atoms with Crippen LogP contribution in [-0.2, 0) is 0 Å². The third-order valence-electron chi connectivity index (χ3n) is 10.0. The third-order valence-corrected chi connectivity index (χ3v) is 11.5. The molecule has 3 aromatic carbocycles. The van der Waals surface area contributed by atoms with Crippen LogP contribution in [0.5, 0.6) is 0 Å². The minimum atomic E-state index is 0.389. The summed E-state index contributed by atoms with van der Waals surface area (Å²) in [5, 5.41) is 0.538. The van der Waals surface area contributed by atoms with Gasteiger partial charge in [0.1, 0.15) is 0 Å². The van der Waals surface area contributed by atoms with Crippen molar-refractivity contribution in [3.05, 3.63) is 156 Å². The minimum absolute atomic E-state index is 0.389. The summed E-state index contributed by atoms with van der Waals surface area (Å²) in [5.74, 6) is 1.45. The first kappa shape index (κ1) is 26.1. The van der Waals surface area contributed by atoms with Gasteiger partial charge in [-0.25, -0.2) is 4.98 Å². The van der Waals surface area contributed by atoms with E-state index in [2.05, 4.69) is 156 Å². The Kier molecular flexibility index (Phi) is 6.33. The molecule has 3 aliphatic carbocycles. The highest BCUT2D eigenvalue weighted by molar-refractivity contribution is 8.00. The molecule has 0 amide bonds. The van der Waals surface area contributed by atoms with Crippen LogP contribution in [0.15, 0.2) is 150 Å². The van der Waals surface area contributed by atoms with E-state index < -0.39 is 0 Å². The standard InChI is InChI=1S/C41H34N2S/c1-4-13-27(14-5-1)29-23-36(28-15-6-2-7-16-28)42-37(24-29)33-21-12-20-32-35-25-39-34(26-40(35)44-41(32)33)31-19-10-11-22-38(31)43(39)30-17-8-3-9-18-30/h2-4,6-25,31,34-35,38,40H,1,5,26H2. The zero-order valence-corrected chi connectivity index (χ0v) is 25.4. The Bertz CT molecular complexity index is 1900. The maximum Gasteiger partial charge on any atom is 0.0727 e. The summed E-state index contributed by atoms with van der Waals surface area (Å²) in [6, 6.07) is 33.5. The Hall–Kier alpha value is -4.34. The summed E-state index contributed by atoms with van der Waals surface area (Å²) in [5.41, 5.74) is 11.4. The zero-order valence-electron chi connectivity index (χ0n) is 24.6. The molecule has 3 heteroatoms. The SMILES string of the molecule is C1=CC2C3CC4Sc5c(-c6cc(C7=CCCC=C7)cc(-c7ccccc7)n6)cccc5C4C=C3N(c3ccccc3)C2C=C1. The molecule has 1 aromatic heterocycles. The van der Waals surface area contributed by atoms with Crippen molar-refractivity contribution >= 4 is 23.0 Å². The van der Waals surface area contributed by atoms with Gasteiger partial charge in [-0.3, -0.25) is 0 Å². The van der Waals surface area contributed by atoms with E-state index in [0.29, 0.717) is 29.0 Å². The van der Waals surface area contributed by atoms with Gasteiger partial charge in [0.25, 0.3) is 0 Å². The average molecular weight is 587 g/mol.